The molecule has 0 fully saturated rings. The maximum atomic E-state index is 12.0. The Morgan fingerprint density at radius 2 is 1.87 bits per heavy atom. The van der Waals surface area contributed by atoms with Crippen LogP contribution in [0.3, 0.4) is 0 Å². The highest BCUT2D eigenvalue weighted by atomic mass is 19.4. The van der Waals surface area contributed by atoms with Crippen LogP contribution >= 0.6 is 0 Å². The van der Waals surface area contributed by atoms with E-state index in [0.717, 1.165) is 32.7 Å². The number of unbranched alkanes of at least 4 members (excludes halogenated alkanes) is 2. The highest BCUT2D eigenvalue weighted by Gasteiger charge is 2.36. The summed E-state index contributed by atoms with van der Waals surface area (Å²) in [6.07, 6.45) is -2.57. The van der Waals surface area contributed by atoms with Gasteiger partial charge in [0.25, 0.3) is 0 Å². The molecule has 0 aromatic heterocycles. The van der Waals surface area contributed by atoms with Crippen molar-refractivity contribution in [3.63, 3.8) is 0 Å². The van der Waals surface area contributed by atoms with Crippen LogP contribution in [-0.4, -0.2) is 32.0 Å². The van der Waals surface area contributed by atoms with E-state index >= 15 is 0 Å². The van der Waals surface area contributed by atoms with E-state index in [9.17, 15) is 13.2 Å². The first-order valence-corrected chi connectivity index (χ1v) is 5.37. The fraction of sp³-hybridized carbons (Fsp3) is 1.00. The molecule has 0 aromatic carbocycles. The lowest BCUT2D eigenvalue weighted by Crippen LogP contribution is -2.31. The predicted molar refractivity (Wildman–Crippen MR) is 53.9 cm³/mol. The van der Waals surface area contributed by atoms with Crippen LogP contribution in [0, 0.1) is 0 Å². The molecule has 0 saturated carbocycles. The molecule has 15 heavy (non-hydrogen) atoms. The van der Waals surface area contributed by atoms with Crippen LogP contribution in [0.2, 0.25) is 0 Å². The van der Waals surface area contributed by atoms with Crippen molar-refractivity contribution in [1.82, 2.24) is 5.32 Å². The lowest BCUT2D eigenvalue weighted by Gasteiger charge is -2.16. The Balaban J connectivity index is 3.24. The van der Waals surface area contributed by atoms with Gasteiger partial charge in [0.05, 0.1) is 6.61 Å². The van der Waals surface area contributed by atoms with Crippen LogP contribution in [0.25, 0.3) is 0 Å². The second kappa shape index (κ2) is 7.93. The van der Waals surface area contributed by atoms with Gasteiger partial charge < -0.3 is 10.1 Å². The molecule has 0 aromatic rings. The summed E-state index contributed by atoms with van der Waals surface area (Å²) in [6, 6.07) is 0. The smallest absolute Gasteiger partial charge is 0.368 e. The number of alkyl halides is 3. The summed E-state index contributed by atoms with van der Waals surface area (Å²) in [5, 5.41) is 3.03. The molecular weight excluding hydrogens is 207 g/mol. The van der Waals surface area contributed by atoms with Gasteiger partial charge in [-0.2, -0.15) is 13.2 Å². The van der Waals surface area contributed by atoms with Gasteiger partial charge in [0, 0.05) is 6.54 Å². The Hall–Kier alpha value is -0.290. The monoisotopic (exact) mass is 227 g/mol. The zero-order chi connectivity index (χ0) is 11.7. The molecule has 2 nitrogen and oxygen atoms in total. The number of hydrogen-bond acceptors (Lipinski definition) is 2. The van der Waals surface area contributed by atoms with E-state index in [1.165, 1.54) is 0 Å². The highest BCUT2D eigenvalue weighted by Crippen LogP contribution is 2.21. The summed E-state index contributed by atoms with van der Waals surface area (Å²) in [7, 11) is 0. The standard InChI is InChI=1S/C10H20F3NO/c1-3-4-5-6-14-7-8-15-9(2)10(11,12)13/h9,14H,3-8H2,1-2H3. The van der Waals surface area contributed by atoms with Crippen molar-refractivity contribution in [3.05, 3.63) is 0 Å². The summed E-state index contributed by atoms with van der Waals surface area (Å²) in [4.78, 5) is 0. The molecule has 0 heterocycles. The molecule has 0 rings (SSSR count). The third-order valence-electron chi connectivity index (χ3n) is 2.06. The molecule has 0 amide bonds. The normalized spacial score (nSPS) is 14.2. The molecule has 0 aliphatic heterocycles. The van der Waals surface area contributed by atoms with Crippen molar-refractivity contribution in [1.29, 1.82) is 0 Å². The largest absolute Gasteiger partial charge is 0.414 e. The van der Waals surface area contributed by atoms with Crippen LogP contribution in [-0.2, 0) is 4.74 Å². The predicted octanol–water partition coefficient (Wildman–Crippen LogP) is 2.73. The van der Waals surface area contributed by atoms with Crippen LogP contribution < -0.4 is 5.32 Å². The Bertz CT molecular complexity index is 150. The molecule has 92 valence electrons. The van der Waals surface area contributed by atoms with E-state index in [1.807, 2.05) is 0 Å². The number of rotatable bonds is 8. The molecule has 1 N–H and O–H groups in total. The highest BCUT2D eigenvalue weighted by molar-refractivity contribution is 4.60. The first kappa shape index (κ1) is 14.7. The Labute approximate surface area is 89.2 Å². The van der Waals surface area contributed by atoms with Gasteiger partial charge >= 0.3 is 6.18 Å². The minimum absolute atomic E-state index is 0.104. The van der Waals surface area contributed by atoms with Crippen LogP contribution in [0.4, 0.5) is 13.2 Å². The van der Waals surface area contributed by atoms with Crippen LogP contribution in [0.5, 0.6) is 0 Å². The van der Waals surface area contributed by atoms with E-state index in [1.54, 1.807) is 0 Å². The SMILES string of the molecule is CCCCCNCCOC(C)C(F)(F)F. The van der Waals surface area contributed by atoms with Gasteiger partial charge in [-0.1, -0.05) is 19.8 Å². The fourth-order valence-electron chi connectivity index (χ4n) is 1.03. The van der Waals surface area contributed by atoms with Crippen LogP contribution in [0.15, 0.2) is 0 Å². The second-order valence-corrected chi connectivity index (χ2v) is 3.51. The average molecular weight is 227 g/mol. The van der Waals surface area contributed by atoms with E-state index in [2.05, 4.69) is 17.0 Å². The average Bonchev–Trinajstić information content (AvgIpc) is 2.14. The maximum Gasteiger partial charge on any atom is 0.414 e. The Kier molecular flexibility index (Phi) is 7.78. The summed E-state index contributed by atoms with van der Waals surface area (Å²) in [5.74, 6) is 0. The van der Waals surface area contributed by atoms with E-state index in [-0.39, 0.29) is 6.61 Å². The summed E-state index contributed by atoms with van der Waals surface area (Å²) in [6.45, 7) is 4.56. The summed E-state index contributed by atoms with van der Waals surface area (Å²) >= 11 is 0. The van der Waals surface area contributed by atoms with Gasteiger partial charge in [0.1, 0.15) is 0 Å². The third kappa shape index (κ3) is 8.69. The fourth-order valence-corrected chi connectivity index (χ4v) is 1.03. The number of hydrogen-bond donors (Lipinski definition) is 1. The number of ether oxygens (including phenoxy) is 1. The quantitative estimate of drug-likeness (QED) is 0.644. The zero-order valence-corrected chi connectivity index (χ0v) is 9.36. The van der Waals surface area contributed by atoms with Crippen molar-refractivity contribution in [2.45, 2.75) is 45.4 Å². The van der Waals surface area contributed by atoms with E-state index < -0.39 is 12.3 Å². The number of nitrogens with one attached hydrogen (secondary N) is 1. The molecule has 0 saturated heterocycles. The lowest BCUT2D eigenvalue weighted by atomic mass is 10.2. The van der Waals surface area contributed by atoms with Gasteiger partial charge in [-0.15, -0.1) is 0 Å². The molecule has 0 bridgehead atoms. The third-order valence-corrected chi connectivity index (χ3v) is 2.06. The Morgan fingerprint density at radius 1 is 1.20 bits per heavy atom. The van der Waals surface area contributed by atoms with E-state index in [4.69, 9.17) is 0 Å². The van der Waals surface area contributed by atoms with Crippen molar-refractivity contribution < 1.29 is 17.9 Å². The molecule has 0 aliphatic carbocycles. The van der Waals surface area contributed by atoms with Gasteiger partial charge in [0.2, 0.25) is 0 Å². The van der Waals surface area contributed by atoms with Gasteiger partial charge in [0.15, 0.2) is 6.10 Å². The molecule has 5 heteroatoms. The van der Waals surface area contributed by atoms with Crippen molar-refractivity contribution in [3.8, 4) is 0 Å². The first-order chi connectivity index (χ1) is 6.98. The molecule has 1 unspecified atom stereocenters. The molecule has 0 spiro atoms. The van der Waals surface area contributed by atoms with Gasteiger partial charge in [-0.25, -0.2) is 0 Å². The minimum Gasteiger partial charge on any atom is -0.368 e. The zero-order valence-electron chi connectivity index (χ0n) is 9.36. The van der Waals surface area contributed by atoms with Crippen molar-refractivity contribution in [2.24, 2.45) is 0 Å². The minimum atomic E-state index is -4.25. The summed E-state index contributed by atoms with van der Waals surface area (Å²) < 4.78 is 40.6. The Morgan fingerprint density at radius 3 is 2.40 bits per heavy atom. The molecular formula is C10H20F3NO. The molecule has 1 atom stereocenters. The number of halogens is 3. The lowest BCUT2D eigenvalue weighted by molar-refractivity contribution is -0.213. The van der Waals surface area contributed by atoms with Gasteiger partial charge in [-0.05, 0) is 19.9 Å². The molecule has 0 aliphatic rings. The second-order valence-electron chi connectivity index (χ2n) is 3.51. The first-order valence-electron chi connectivity index (χ1n) is 5.37. The van der Waals surface area contributed by atoms with Crippen molar-refractivity contribution >= 4 is 0 Å². The maximum absolute atomic E-state index is 12.0. The molecule has 0 radical (unpaired) electrons. The topological polar surface area (TPSA) is 21.3 Å². The van der Waals surface area contributed by atoms with Gasteiger partial charge in [-0.3, -0.25) is 0 Å². The summed E-state index contributed by atoms with van der Waals surface area (Å²) in [5.41, 5.74) is 0. The van der Waals surface area contributed by atoms with E-state index in [0.29, 0.717) is 6.54 Å². The van der Waals surface area contributed by atoms with Crippen molar-refractivity contribution in [2.75, 3.05) is 19.7 Å². The van der Waals surface area contributed by atoms with Crippen LogP contribution in [0.1, 0.15) is 33.1 Å².